The smallest absolute Gasteiger partial charge is 0.148 e. The number of Topliss-reactive ketones (excluding diaryl/α,β-unsaturated/α-hetero) is 2. The van der Waals surface area contributed by atoms with E-state index in [2.05, 4.69) is 13.8 Å². The first-order valence-corrected chi connectivity index (χ1v) is 24.2. The van der Waals surface area contributed by atoms with Crippen LogP contribution >= 0.6 is 0 Å². The Labute approximate surface area is 327 Å². The maximum atomic E-state index is 13.0. The van der Waals surface area contributed by atoms with Crippen LogP contribution in [0.3, 0.4) is 0 Å². The lowest BCUT2D eigenvalue weighted by Gasteiger charge is -2.24. The van der Waals surface area contributed by atoms with Gasteiger partial charge in [0.1, 0.15) is 17.0 Å². The predicted octanol–water partition coefficient (Wildman–Crippen LogP) is 16.5. The van der Waals surface area contributed by atoms with Crippen molar-refractivity contribution in [2.24, 2.45) is 5.41 Å². The van der Waals surface area contributed by atoms with Crippen molar-refractivity contribution in [1.29, 1.82) is 0 Å². The fourth-order valence-electron chi connectivity index (χ4n) is 7.97. The van der Waals surface area contributed by atoms with Crippen LogP contribution in [0.15, 0.2) is 0 Å². The predicted molar refractivity (Wildman–Crippen MR) is 230 cm³/mol. The number of carbonyl (C=O) groups excluding carboxylic acids is 2. The molecule has 0 aliphatic rings. The van der Waals surface area contributed by atoms with E-state index in [0.717, 1.165) is 25.7 Å². The molecular formula is C49H96O3. The Bertz CT molecular complexity index is 674. The van der Waals surface area contributed by atoms with E-state index in [9.17, 15) is 14.7 Å². The molecule has 0 aliphatic carbocycles. The Hall–Kier alpha value is -0.700. The molecule has 1 N–H and O–H groups in total. The number of hydrogen-bond donors (Lipinski definition) is 1. The number of unbranched alkanes of at least 4 members (excludes halogenated alkanes) is 38. The van der Waals surface area contributed by atoms with Gasteiger partial charge in [0.25, 0.3) is 0 Å². The Morgan fingerprint density at radius 1 is 0.308 bits per heavy atom. The number of rotatable bonds is 45. The first kappa shape index (κ1) is 51.3. The molecule has 0 saturated heterocycles. The Morgan fingerprint density at radius 3 is 0.615 bits per heavy atom. The van der Waals surface area contributed by atoms with Crippen molar-refractivity contribution >= 4 is 11.6 Å². The molecule has 0 rings (SSSR count). The average Bonchev–Trinajstić information content (AvgIpc) is 3.15. The minimum Gasteiger partial charge on any atom is -0.395 e. The van der Waals surface area contributed by atoms with Gasteiger partial charge in [-0.15, -0.1) is 0 Å². The van der Waals surface area contributed by atoms with Crippen LogP contribution in [0.5, 0.6) is 0 Å². The molecule has 0 heterocycles. The molecule has 0 saturated carbocycles. The largest absolute Gasteiger partial charge is 0.395 e. The van der Waals surface area contributed by atoms with Gasteiger partial charge < -0.3 is 5.11 Å². The van der Waals surface area contributed by atoms with E-state index in [4.69, 9.17) is 0 Å². The second kappa shape index (κ2) is 41.5. The summed E-state index contributed by atoms with van der Waals surface area (Å²) in [5.74, 6) is -0.0915. The minimum atomic E-state index is -1.19. The van der Waals surface area contributed by atoms with Crippen LogP contribution in [0.1, 0.15) is 290 Å². The molecule has 310 valence electrons. The van der Waals surface area contributed by atoms with Crippen molar-refractivity contribution in [3.05, 3.63) is 0 Å². The summed E-state index contributed by atoms with van der Waals surface area (Å²) in [5.41, 5.74) is -1.19. The SMILES string of the molecule is CCCCCCCCCCCCCCCCCCCCCCC(=O)C(C)(CO)C(=O)CCCCCCCCCCCCCCCCCCCCCC. The summed E-state index contributed by atoms with van der Waals surface area (Å²) in [4.78, 5) is 25.9. The fraction of sp³-hybridized carbons (Fsp3) is 0.959. The third-order valence-electron chi connectivity index (χ3n) is 12.1. The van der Waals surface area contributed by atoms with Gasteiger partial charge in [-0.1, -0.05) is 258 Å². The summed E-state index contributed by atoms with van der Waals surface area (Å²) in [7, 11) is 0. The monoisotopic (exact) mass is 733 g/mol. The van der Waals surface area contributed by atoms with Crippen LogP contribution in [0.2, 0.25) is 0 Å². The summed E-state index contributed by atoms with van der Waals surface area (Å²) >= 11 is 0. The average molecular weight is 733 g/mol. The second-order valence-corrected chi connectivity index (χ2v) is 17.3. The van der Waals surface area contributed by atoms with Crippen LogP contribution < -0.4 is 0 Å². The van der Waals surface area contributed by atoms with Crippen LogP contribution in [-0.4, -0.2) is 23.3 Å². The summed E-state index contributed by atoms with van der Waals surface area (Å²) < 4.78 is 0. The van der Waals surface area contributed by atoms with E-state index in [1.807, 2.05) is 0 Å². The van der Waals surface area contributed by atoms with Crippen LogP contribution in [0, 0.1) is 5.41 Å². The van der Waals surface area contributed by atoms with Gasteiger partial charge in [0.2, 0.25) is 0 Å². The summed E-state index contributed by atoms with van der Waals surface area (Å²) in [6.07, 6.45) is 54.5. The normalized spacial score (nSPS) is 11.8. The molecule has 0 bridgehead atoms. The highest BCUT2D eigenvalue weighted by Gasteiger charge is 2.38. The van der Waals surface area contributed by atoms with Gasteiger partial charge in [-0.2, -0.15) is 0 Å². The van der Waals surface area contributed by atoms with Crippen molar-refractivity contribution in [2.45, 2.75) is 290 Å². The van der Waals surface area contributed by atoms with Crippen molar-refractivity contribution in [2.75, 3.05) is 6.61 Å². The summed E-state index contributed by atoms with van der Waals surface area (Å²) in [6.45, 7) is 5.92. The molecule has 0 unspecified atom stereocenters. The standard InChI is InChI=1S/C49H96O3/c1-4-6-8-10-12-14-16-18-20-22-24-26-28-30-32-34-36-38-40-42-44-47(51)49(3,46-50)48(52)45-43-41-39-37-35-33-31-29-27-25-23-21-19-17-15-13-11-9-7-5-2/h50H,4-46H2,1-3H3. The van der Waals surface area contributed by atoms with Gasteiger partial charge in [-0.05, 0) is 19.8 Å². The molecule has 0 aliphatic heterocycles. The van der Waals surface area contributed by atoms with Crippen molar-refractivity contribution in [1.82, 2.24) is 0 Å². The van der Waals surface area contributed by atoms with Gasteiger partial charge in [0.05, 0.1) is 6.61 Å². The Kier molecular flexibility index (Phi) is 40.9. The summed E-state index contributed by atoms with van der Waals surface area (Å²) in [6, 6.07) is 0. The molecule has 0 fully saturated rings. The molecule has 0 atom stereocenters. The highest BCUT2D eigenvalue weighted by atomic mass is 16.3. The molecule has 0 spiro atoms. The van der Waals surface area contributed by atoms with Gasteiger partial charge in [0.15, 0.2) is 0 Å². The number of aliphatic hydroxyl groups excluding tert-OH is 1. The first-order chi connectivity index (χ1) is 25.5. The molecule has 0 radical (unpaired) electrons. The third kappa shape index (κ3) is 33.8. The zero-order chi connectivity index (χ0) is 38.1. The highest BCUT2D eigenvalue weighted by molar-refractivity contribution is 6.06. The zero-order valence-electron chi connectivity index (χ0n) is 36.2. The van der Waals surface area contributed by atoms with Gasteiger partial charge >= 0.3 is 0 Å². The van der Waals surface area contributed by atoms with Gasteiger partial charge in [0, 0.05) is 12.8 Å². The number of carbonyl (C=O) groups is 2. The number of hydrogen-bond acceptors (Lipinski definition) is 3. The van der Waals surface area contributed by atoms with Gasteiger partial charge in [-0.3, -0.25) is 9.59 Å². The van der Waals surface area contributed by atoms with E-state index in [1.54, 1.807) is 6.92 Å². The number of ketones is 2. The first-order valence-electron chi connectivity index (χ1n) is 24.2. The highest BCUT2D eigenvalue weighted by Crippen LogP contribution is 2.26. The topological polar surface area (TPSA) is 54.4 Å². The molecule has 3 heteroatoms. The van der Waals surface area contributed by atoms with Crippen LogP contribution in [-0.2, 0) is 9.59 Å². The fourth-order valence-corrected chi connectivity index (χ4v) is 7.97. The molecule has 3 nitrogen and oxygen atoms in total. The molecular weight excluding hydrogens is 637 g/mol. The van der Waals surface area contributed by atoms with Crippen molar-refractivity contribution in [3.8, 4) is 0 Å². The van der Waals surface area contributed by atoms with E-state index in [-0.39, 0.29) is 18.2 Å². The van der Waals surface area contributed by atoms with Crippen molar-refractivity contribution < 1.29 is 14.7 Å². The van der Waals surface area contributed by atoms with E-state index >= 15 is 0 Å². The van der Waals surface area contributed by atoms with Crippen LogP contribution in [0.4, 0.5) is 0 Å². The quantitative estimate of drug-likeness (QED) is 0.0501. The lowest BCUT2D eigenvalue weighted by atomic mass is 9.78. The number of aliphatic hydroxyl groups is 1. The van der Waals surface area contributed by atoms with E-state index < -0.39 is 5.41 Å². The minimum absolute atomic E-state index is 0.0458. The molecule has 0 aromatic rings. The van der Waals surface area contributed by atoms with E-state index in [0.29, 0.717) is 12.8 Å². The Balaban J connectivity index is 3.56. The molecule has 52 heavy (non-hydrogen) atoms. The summed E-state index contributed by atoms with van der Waals surface area (Å²) in [5, 5.41) is 10.0. The zero-order valence-corrected chi connectivity index (χ0v) is 36.2. The lowest BCUT2D eigenvalue weighted by Crippen LogP contribution is -2.39. The molecule has 0 amide bonds. The maximum absolute atomic E-state index is 13.0. The van der Waals surface area contributed by atoms with Crippen molar-refractivity contribution in [3.63, 3.8) is 0 Å². The second-order valence-electron chi connectivity index (χ2n) is 17.3. The van der Waals surface area contributed by atoms with Crippen LogP contribution in [0.25, 0.3) is 0 Å². The van der Waals surface area contributed by atoms with E-state index in [1.165, 1.54) is 231 Å². The molecule has 0 aromatic carbocycles. The van der Waals surface area contributed by atoms with Gasteiger partial charge in [-0.25, -0.2) is 0 Å². The Morgan fingerprint density at radius 2 is 0.462 bits per heavy atom. The molecule has 0 aromatic heterocycles. The lowest BCUT2D eigenvalue weighted by molar-refractivity contribution is -0.142. The third-order valence-corrected chi connectivity index (χ3v) is 12.1. The maximum Gasteiger partial charge on any atom is 0.148 e.